The minimum Gasteiger partial charge on any atom is -0.481 e. The highest BCUT2D eigenvalue weighted by molar-refractivity contribution is 5.91. The number of carboxylic acids is 2. The Kier molecular flexibility index (Phi) is 7.42. The third-order valence-corrected chi connectivity index (χ3v) is 9.51. The van der Waals surface area contributed by atoms with Crippen LogP contribution in [0.2, 0.25) is 0 Å². The molecule has 0 fully saturated rings. The van der Waals surface area contributed by atoms with Gasteiger partial charge in [-0.05, 0) is 116 Å². The predicted octanol–water partition coefficient (Wildman–Crippen LogP) is 10.1. The molecule has 222 valence electrons. The van der Waals surface area contributed by atoms with Crippen molar-refractivity contribution < 1.29 is 19.8 Å². The van der Waals surface area contributed by atoms with Gasteiger partial charge >= 0.3 is 11.9 Å². The highest BCUT2D eigenvalue weighted by Crippen LogP contribution is 2.55. The molecule has 0 saturated heterocycles. The molecule has 0 aromatic heterocycles. The molecule has 0 unspecified atom stereocenters. The number of hydrogen-bond donors (Lipinski definition) is 2. The maximum atomic E-state index is 11.7. The fourth-order valence-corrected chi connectivity index (χ4v) is 7.34. The molecule has 0 amide bonds. The van der Waals surface area contributed by atoms with Gasteiger partial charge in [-0.3, -0.25) is 9.59 Å². The van der Waals surface area contributed by atoms with Crippen LogP contribution in [0.1, 0.15) is 49.7 Å². The Bertz CT molecular complexity index is 1940. The van der Waals surface area contributed by atoms with Crippen LogP contribution in [-0.2, 0) is 15.0 Å². The highest BCUT2D eigenvalue weighted by Gasteiger charge is 2.43. The molecular formula is C41H34O4. The third kappa shape index (κ3) is 5.38. The number of rotatable bonds is 10. The summed E-state index contributed by atoms with van der Waals surface area (Å²) in [7, 11) is 0. The van der Waals surface area contributed by atoms with E-state index in [2.05, 4.69) is 109 Å². The third-order valence-electron chi connectivity index (χ3n) is 9.51. The molecule has 1 aliphatic rings. The molecule has 1 aliphatic carbocycles. The summed E-state index contributed by atoms with van der Waals surface area (Å²) in [6.07, 6.45) is 2.39. The van der Waals surface area contributed by atoms with Crippen molar-refractivity contribution >= 4 is 33.5 Å². The van der Waals surface area contributed by atoms with Gasteiger partial charge in [-0.1, -0.05) is 97.1 Å². The van der Waals surface area contributed by atoms with Crippen molar-refractivity contribution in [1.29, 1.82) is 0 Å². The van der Waals surface area contributed by atoms with Crippen LogP contribution in [0, 0.1) is 0 Å². The van der Waals surface area contributed by atoms with Gasteiger partial charge in [0.25, 0.3) is 0 Å². The number of carbonyl (C=O) groups is 2. The molecule has 0 heterocycles. The molecule has 0 atom stereocenters. The first-order valence-electron chi connectivity index (χ1n) is 15.6. The molecule has 4 nitrogen and oxygen atoms in total. The van der Waals surface area contributed by atoms with E-state index in [0.717, 1.165) is 44.5 Å². The monoisotopic (exact) mass is 590 g/mol. The summed E-state index contributed by atoms with van der Waals surface area (Å²) in [6, 6.07) is 43.0. The molecule has 0 radical (unpaired) electrons. The van der Waals surface area contributed by atoms with Crippen LogP contribution in [0.5, 0.6) is 0 Å². The Morgan fingerprint density at radius 1 is 0.467 bits per heavy atom. The van der Waals surface area contributed by atoms with Crippen molar-refractivity contribution in [3.8, 4) is 33.4 Å². The fraction of sp³-hybridized carbons (Fsp3) is 0.171. The van der Waals surface area contributed by atoms with E-state index in [9.17, 15) is 19.8 Å². The average molecular weight is 591 g/mol. The smallest absolute Gasteiger partial charge is 0.303 e. The first-order chi connectivity index (χ1) is 21.9. The van der Waals surface area contributed by atoms with E-state index in [1.54, 1.807) is 0 Å². The minimum absolute atomic E-state index is 0.0695. The van der Waals surface area contributed by atoms with Crippen molar-refractivity contribution in [2.24, 2.45) is 0 Å². The molecule has 7 rings (SSSR count). The van der Waals surface area contributed by atoms with Crippen LogP contribution in [-0.4, -0.2) is 22.2 Å². The molecule has 0 aliphatic heterocycles. The van der Waals surface area contributed by atoms with Gasteiger partial charge < -0.3 is 10.2 Å². The lowest BCUT2D eigenvalue weighted by Gasteiger charge is -2.33. The first kappa shape index (κ1) is 28.5. The summed E-state index contributed by atoms with van der Waals surface area (Å²) in [5.41, 5.74) is 8.55. The number of fused-ring (bicyclic) bond motifs is 5. The highest BCUT2D eigenvalue weighted by atomic mass is 16.4. The van der Waals surface area contributed by atoms with Crippen molar-refractivity contribution in [3.05, 3.63) is 132 Å². The van der Waals surface area contributed by atoms with Crippen LogP contribution in [0.25, 0.3) is 54.9 Å². The second kappa shape index (κ2) is 11.7. The van der Waals surface area contributed by atoms with Gasteiger partial charge in [0, 0.05) is 18.3 Å². The van der Waals surface area contributed by atoms with Crippen LogP contribution >= 0.6 is 0 Å². The maximum Gasteiger partial charge on any atom is 0.303 e. The largest absolute Gasteiger partial charge is 0.481 e. The zero-order chi connectivity index (χ0) is 31.0. The lowest BCUT2D eigenvalue weighted by atomic mass is 9.70. The molecular weight excluding hydrogens is 556 g/mol. The van der Waals surface area contributed by atoms with Gasteiger partial charge in [-0.25, -0.2) is 0 Å². The van der Waals surface area contributed by atoms with Gasteiger partial charge in [-0.2, -0.15) is 0 Å². The summed E-state index contributed by atoms with van der Waals surface area (Å²) in [5.74, 6) is -1.63. The van der Waals surface area contributed by atoms with E-state index in [-0.39, 0.29) is 12.8 Å². The van der Waals surface area contributed by atoms with Crippen molar-refractivity contribution in [3.63, 3.8) is 0 Å². The molecule has 4 heteroatoms. The topological polar surface area (TPSA) is 74.6 Å². The van der Waals surface area contributed by atoms with Crippen LogP contribution < -0.4 is 0 Å². The first-order valence-corrected chi connectivity index (χ1v) is 15.6. The number of carboxylic acid groups (broad SMARTS) is 2. The molecule has 0 spiro atoms. The van der Waals surface area contributed by atoms with Crippen molar-refractivity contribution in [2.45, 2.75) is 43.9 Å². The lowest BCUT2D eigenvalue weighted by molar-refractivity contribution is -0.138. The van der Waals surface area contributed by atoms with Crippen LogP contribution in [0.15, 0.2) is 121 Å². The summed E-state index contributed by atoms with van der Waals surface area (Å²) < 4.78 is 0. The van der Waals surface area contributed by atoms with Gasteiger partial charge in [0.15, 0.2) is 0 Å². The molecule has 0 saturated carbocycles. The number of aliphatic carboxylic acids is 2. The summed E-state index contributed by atoms with van der Waals surface area (Å²) in [6.45, 7) is 0. The van der Waals surface area contributed by atoms with Crippen LogP contribution in [0.4, 0.5) is 0 Å². The quantitative estimate of drug-likeness (QED) is 0.166. The average Bonchev–Trinajstić information content (AvgIpc) is 3.32. The van der Waals surface area contributed by atoms with E-state index in [4.69, 9.17) is 0 Å². The van der Waals surface area contributed by atoms with Crippen molar-refractivity contribution in [2.75, 3.05) is 0 Å². The summed E-state index contributed by atoms with van der Waals surface area (Å²) >= 11 is 0. The molecule has 6 aromatic carbocycles. The zero-order valence-electron chi connectivity index (χ0n) is 25.0. The van der Waals surface area contributed by atoms with Gasteiger partial charge in [0.05, 0.1) is 0 Å². The SMILES string of the molecule is O=C(O)CCCC1(CCCC(=O)O)c2cc(-c3ccc4ccccc4c3)ccc2-c2ccc(-c3ccc4ccccc4c3)cc21. The van der Waals surface area contributed by atoms with Crippen LogP contribution in [0.3, 0.4) is 0 Å². The molecule has 6 aromatic rings. The molecule has 0 bridgehead atoms. The summed E-state index contributed by atoms with van der Waals surface area (Å²) in [5, 5.41) is 23.9. The Balaban J connectivity index is 1.39. The Hall–Kier alpha value is -5.22. The predicted molar refractivity (Wildman–Crippen MR) is 182 cm³/mol. The fourth-order valence-electron chi connectivity index (χ4n) is 7.34. The van der Waals surface area contributed by atoms with Gasteiger partial charge in [0.2, 0.25) is 0 Å². The molecule has 2 N–H and O–H groups in total. The van der Waals surface area contributed by atoms with Gasteiger partial charge in [-0.15, -0.1) is 0 Å². The zero-order valence-corrected chi connectivity index (χ0v) is 25.0. The number of hydrogen-bond acceptors (Lipinski definition) is 2. The molecule has 45 heavy (non-hydrogen) atoms. The Morgan fingerprint density at radius 3 is 1.27 bits per heavy atom. The van der Waals surface area contributed by atoms with E-state index >= 15 is 0 Å². The number of benzene rings is 6. The van der Waals surface area contributed by atoms with Crippen molar-refractivity contribution in [1.82, 2.24) is 0 Å². The van der Waals surface area contributed by atoms with E-state index in [1.165, 1.54) is 21.5 Å². The Labute approximate surface area is 262 Å². The second-order valence-electron chi connectivity index (χ2n) is 12.2. The normalized spacial score (nSPS) is 13.1. The summed E-state index contributed by atoms with van der Waals surface area (Å²) in [4.78, 5) is 23.4. The van der Waals surface area contributed by atoms with E-state index < -0.39 is 17.4 Å². The second-order valence-corrected chi connectivity index (χ2v) is 12.2. The minimum atomic E-state index is -0.816. The van der Waals surface area contributed by atoms with E-state index in [1.807, 2.05) is 12.1 Å². The van der Waals surface area contributed by atoms with E-state index in [0.29, 0.717) is 25.7 Å². The maximum absolute atomic E-state index is 11.7. The lowest BCUT2D eigenvalue weighted by Crippen LogP contribution is -2.26. The Morgan fingerprint density at radius 2 is 0.844 bits per heavy atom. The van der Waals surface area contributed by atoms with Gasteiger partial charge in [0.1, 0.15) is 0 Å². The standard InChI is InChI=1S/C41H34O4/c42-39(43)11-5-21-41(22-6-12-40(44)45)37-25-33(31-15-13-27-7-1-3-9-29(27)23-31)17-19-35(37)36-20-18-34(26-38(36)41)32-16-14-28-8-2-4-10-30(28)24-32/h1-4,7-10,13-20,23-26H,5-6,11-12,21-22H2,(H,42,43)(H,44,45).